The number of hydrogen-bond donors (Lipinski definition) is 0. The molecule has 1 fully saturated rings. The Balaban J connectivity index is 1.40. The van der Waals surface area contributed by atoms with Crippen molar-refractivity contribution < 1.29 is 9.21 Å². The number of carbonyl (C=O) groups excluding carboxylic acids is 1. The Kier molecular flexibility index (Phi) is 6.19. The summed E-state index contributed by atoms with van der Waals surface area (Å²) in [5.74, 6) is 0.846. The third-order valence-electron chi connectivity index (χ3n) is 5.33. The Labute approximate surface area is 169 Å². The highest BCUT2D eigenvalue weighted by Gasteiger charge is 2.29. The molecule has 0 saturated carbocycles. The van der Waals surface area contributed by atoms with Crippen LogP contribution < -0.4 is 0 Å². The number of furan rings is 1. The van der Waals surface area contributed by atoms with Crippen molar-refractivity contribution in [3.8, 4) is 0 Å². The Morgan fingerprint density at radius 2 is 2.11 bits per heavy atom. The number of thiophene rings is 1. The zero-order valence-electron chi connectivity index (χ0n) is 15.9. The molecule has 1 aliphatic heterocycles. The average molecular weight is 396 g/mol. The highest BCUT2D eigenvalue weighted by molar-refractivity contribution is 7.09. The standard InChI is InChI=1S/C22H25N3O2S/c26-22(18-4-1-10-23-16-18)25(17-20-5-2-14-27-20)19-7-11-24(12-8-19)13-9-21-6-3-15-28-21/h1-6,10,14-16,19H,7-9,11-13,17H2. The van der Waals surface area contributed by atoms with Crippen LogP contribution in [0.15, 0.2) is 64.9 Å². The third-order valence-corrected chi connectivity index (χ3v) is 6.26. The molecule has 4 rings (SSSR count). The van der Waals surface area contributed by atoms with Gasteiger partial charge in [-0.15, -0.1) is 11.3 Å². The topological polar surface area (TPSA) is 49.6 Å². The Morgan fingerprint density at radius 3 is 2.79 bits per heavy atom. The molecule has 0 radical (unpaired) electrons. The second-order valence-corrected chi connectivity index (χ2v) is 8.19. The van der Waals surface area contributed by atoms with Crippen molar-refractivity contribution in [2.24, 2.45) is 0 Å². The summed E-state index contributed by atoms with van der Waals surface area (Å²) in [5.41, 5.74) is 0.634. The van der Waals surface area contributed by atoms with Gasteiger partial charge >= 0.3 is 0 Å². The second-order valence-electron chi connectivity index (χ2n) is 7.16. The molecule has 1 amide bonds. The number of pyridine rings is 1. The molecule has 0 aliphatic carbocycles. The van der Waals surface area contributed by atoms with Crippen molar-refractivity contribution >= 4 is 17.2 Å². The van der Waals surface area contributed by atoms with Crippen LogP contribution in [0, 0.1) is 0 Å². The quantitative estimate of drug-likeness (QED) is 0.605. The van der Waals surface area contributed by atoms with Crippen molar-refractivity contribution in [3.05, 3.63) is 76.6 Å². The van der Waals surface area contributed by atoms with E-state index in [1.54, 1.807) is 18.7 Å². The third kappa shape index (κ3) is 4.69. The minimum atomic E-state index is 0.0292. The van der Waals surface area contributed by atoms with Gasteiger partial charge in [0.2, 0.25) is 0 Å². The summed E-state index contributed by atoms with van der Waals surface area (Å²) in [6.45, 7) is 3.62. The SMILES string of the molecule is O=C(c1cccnc1)N(Cc1ccco1)C1CCN(CCc2cccs2)CC1. The van der Waals surface area contributed by atoms with Gasteiger partial charge in [-0.25, -0.2) is 0 Å². The lowest BCUT2D eigenvalue weighted by Crippen LogP contribution is -2.47. The Bertz CT molecular complexity index is 841. The van der Waals surface area contributed by atoms with E-state index < -0.39 is 0 Å². The van der Waals surface area contributed by atoms with Crippen LogP contribution in [0.3, 0.4) is 0 Å². The number of hydrogen-bond acceptors (Lipinski definition) is 5. The molecule has 0 N–H and O–H groups in total. The van der Waals surface area contributed by atoms with Crippen LogP contribution in [0.2, 0.25) is 0 Å². The molecule has 146 valence electrons. The molecule has 1 aliphatic rings. The van der Waals surface area contributed by atoms with Crippen molar-refractivity contribution in [2.45, 2.75) is 31.8 Å². The van der Waals surface area contributed by atoms with E-state index >= 15 is 0 Å². The van der Waals surface area contributed by atoms with Crippen LogP contribution in [0.25, 0.3) is 0 Å². The van der Waals surface area contributed by atoms with Crippen LogP contribution in [-0.2, 0) is 13.0 Å². The fourth-order valence-electron chi connectivity index (χ4n) is 3.77. The predicted molar refractivity (Wildman–Crippen MR) is 110 cm³/mol. The molecular weight excluding hydrogens is 370 g/mol. The largest absolute Gasteiger partial charge is 0.467 e. The molecule has 0 unspecified atom stereocenters. The Morgan fingerprint density at radius 1 is 1.21 bits per heavy atom. The Hall–Kier alpha value is -2.44. The zero-order valence-corrected chi connectivity index (χ0v) is 16.7. The smallest absolute Gasteiger partial charge is 0.256 e. The lowest BCUT2D eigenvalue weighted by molar-refractivity contribution is 0.0531. The van der Waals surface area contributed by atoms with Gasteiger partial charge in [0.1, 0.15) is 5.76 Å². The highest BCUT2D eigenvalue weighted by atomic mass is 32.1. The van der Waals surface area contributed by atoms with E-state index in [2.05, 4.69) is 27.4 Å². The summed E-state index contributed by atoms with van der Waals surface area (Å²) in [6, 6.07) is 12.0. The first-order chi connectivity index (χ1) is 13.8. The van der Waals surface area contributed by atoms with Crippen molar-refractivity contribution in [1.29, 1.82) is 0 Å². The van der Waals surface area contributed by atoms with E-state index in [4.69, 9.17) is 4.42 Å². The van der Waals surface area contributed by atoms with E-state index in [-0.39, 0.29) is 11.9 Å². The van der Waals surface area contributed by atoms with E-state index in [9.17, 15) is 4.79 Å². The molecule has 4 heterocycles. The van der Waals surface area contributed by atoms with Gasteiger partial charge in [-0.05, 0) is 55.0 Å². The highest BCUT2D eigenvalue weighted by Crippen LogP contribution is 2.22. The summed E-state index contributed by atoms with van der Waals surface area (Å²) in [7, 11) is 0. The maximum Gasteiger partial charge on any atom is 0.256 e. The number of likely N-dealkylation sites (tertiary alicyclic amines) is 1. The average Bonchev–Trinajstić information content (AvgIpc) is 3.45. The fourth-order valence-corrected chi connectivity index (χ4v) is 4.47. The van der Waals surface area contributed by atoms with Gasteiger partial charge < -0.3 is 14.2 Å². The summed E-state index contributed by atoms with van der Waals surface area (Å²) >= 11 is 1.82. The summed E-state index contributed by atoms with van der Waals surface area (Å²) < 4.78 is 5.52. The van der Waals surface area contributed by atoms with Crippen LogP contribution in [-0.4, -0.2) is 46.4 Å². The van der Waals surface area contributed by atoms with E-state index in [0.717, 1.165) is 44.7 Å². The van der Waals surface area contributed by atoms with Gasteiger partial charge in [-0.2, -0.15) is 0 Å². The number of aromatic nitrogens is 1. The molecule has 6 heteroatoms. The number of carbonyl (C=O) groups is 1. The van der Waals surface area contributed by atoms with Crippen molar-refractivity contribution in [3.63, 3.8) is 0 Å². The van der Waals surface area contributed by atoms with E-state index in [0.29, 0.717) is 12.1 Å². The minimum Gasteiger partial charge on any atom is -0.467 e. The van der Waals surface area contributed by atoms with Crippen LogP contribution in [0.1, 0.15) is 33.8 Å². The summed E-state index contributed by atoms with van der Waals surface area (Å²) in [4.78, 5) is 23.2. The molecule has 0 spiro atoms. The van der Waals surface area contributed by atoms with Gasteiger partial charge in [0, 0.05) is 42.9 Å². The summed E-state index contributed by atoms with van der Waals surface area (Å²) in [5, 5.41) is 2.14. The van der Waals surface area contributed by atoms with E-state index in [1.165, 1.54) is 4.88 Å². The first kappa shape index (κ1) is 18.9. The number of amides is 1. The molecule has 0 bridgehead atoms. The van der Waals surface area contributed by atoms with Crippen LogP contribution in [0.4, 0.5) is 0 Å². The van der Waals surface area contributed by atoms with E-state index in [1.807, 2.05) is 40.5 Å². The first-order valence-corrected chi connectivity index (χ1v) is 10.7. The molecule has 3 aromatic rings. The monoisotopic (exact) mass is 395 g/mol. The molecule has 3 aromatic heterocycles. The van der Waals surface area contributed by atoms with Gasteiger partial charge in [0.25, 0.3) is 5.91 Å². The molecule has 0 aromatic carbocycles. The molecule has 1 saturated heterocycles. The molecule has 5 nitrogen and oxygen atoms in total. The molecule has 28 heavy (non-hydrogen) atoms. The maximum absolute atomic E-state index is 13.2. The summed E-state index contributed by atoms with van der Waals surface area (Å²) in [6.07, 6.45) is 8.07. The number of piperidine rings is 1. The fraction of sp³-hybridized carbons (Fsp3) is 0.364. The van der Waals surface area contributed by atoms with Gasteiger partial charge in [-0.1, -0.05) is 6.07 Å². The lowest BCUT2D eigenvalue weighted by Gasteiger charge is -2.38. The molecular formula is C22H25N3O2S. The minimum absolute atomic E-state index is 0.0292. The van der Waals surface area contributed by atoms with Crippen LogP contribution >= 0.6 is 11.3 Å². The van der Waals surface area contributed by atoms with Gasteiger partial charge in [0.15, 0.2) is 0 Å². The normalized spacial score (nSPS) is 15.6. The second kappa shape index (κ2) is 9.17. The van der Waals surface area contributed by atoms with Gasteiger partial charge in [-0.3, -0.25) is 9.78 Å². The van der Waals surface area contributed by atoms with Gasteiger partial charge in [0.05, 0.1) is 18.4 Å². The van der Waals surface area contributed by atoms with Crippen molar-refractivity contribution in [1.82, 2.24) is 14.8 Å². The van der Waals surface area contributed by atoms with Crippen molar-refractivity contribution in [2.75, 3.05) is 19.6 Å². The first-order valence-electron chi connectivity index (χ1n) is 9.78. The van der Waals surface area contributed by atoms with Crippen LogP contribution in [0.5, 0.6) is 0 Å². The molecule has 0 atom stereocenters. The zero-order chi connectivity index (χ0) is 19.2. The lowest BCUT2D eigenvalue weighted by atomic mass is 10.0. The number of nitrogens with zero attached hydrogens (tertiary/aromatic N) is 3. The predicted octanol–water partition coefficient (Wildman–Crippen LogP) is 4.09. The number of rotatable bonds is 7. The maximum atomic E-state index is 13.2.